The van der Waals surface area contributed by atoms with Crippen LogP contribution in [0.4, 0.5) is 13.2 Å². The first-order chi connectivity index (χ1) is 9.60. The summed E-state index contributed by atoms with van der Waals surface area (Å²) in [7, 11) is 0. The molecule has 0 saturated heterocycles. The van der Waals surface area contributed by atoms with Crippen LogP contribution in [0.25, 0.3) is 0 Å². The van der Waals surface area contributed by atoms with E-state index in [0.29, 0.717) is 23.8 Å². The minimum Gasteiger partial charge on any atom is -0.204 e. The molecule has 0 bridgehead atoms. The van der Waals surface area contributed by atoms with E-state index in [1.54, 1.807) is 0 Å². The molecule has 0 nitrogen and oxygen atoms in total. The molecule has 0 unspecified atom stereocenters. The fourth-order valence-electron chi connectivity index (χ4n) is 3.06. The van der Waals surface area contributed by atoms with Gasteiger partial charge in [-0.1, -0.05) is 12.2 Å². The average Bonchev–Trinajstić information content (AvgIpc) is 2.44. The normalized spacial score (nSPS) is 23.4. The third-order valence-corrected chi connectivity index (χ3v) is 4.24. The van der Waals surface area contributed by atoms with Crippen LogP contribution in [0.5, 0.6) is 0 Å². The van der Waals surface area contributed by atoms with Gasteiger partial charge in [-0.3, -0.25) is 0 Å². The molecule has 0 atom stereocenters. The lowest BCUT2D eigenvalue weighted by Gasteiger charge is -2.26. The first kappa shape index (κ1) is 15.1. The minimum atomic E-state index is -1.37. The summed E-state index contributed by atoms with van der Waals surface area (Å²) in [5.74, 6) is -2.24. The van der Waals surface area contributed by atoms with Gasteiger partial charge in [-0.15, -0.1) is 0 Å². The molecule has 0 aliphatic heterocycles. The van der Waals surface area contributed by atoms with E-state index in [1.165, 1.54) is 25.7 Å². The van der Waals surface area contributed by atoms with E-state index in [1.807, 2.05) is 6.92 Å². The summed E-state index contributed by atoms with van der Waals surface area (Å²) in [6.07, 6.45) is 10.6. The van der Waals surface area contributed by atoms with E-state index in [2.05, 4.69) is 12.2 Å². The van der Waals surface area contributed by atoms with E-state index in [0.717, 1.165) is 18.6 Å². The smallest absolute Gasteiger partial charge is 0.194 e. The van der Waals surface area contributed by atoms with Crippen LogP contribution < -0.4 is 0 Å². The van der Waals surface area contributed by atoms with Gasteiger partial charge in [0, 0.05) is 0 Å². The van der Waals surface area contributed by atoms with E-state index in [4.69, 9.17) is 0 Å². The second-order valence-corrected chi connectivity index (χ2v) is 5.72. The van der Waals surface area contributed by atoms with E-state index < -0.39 is 17.5 Å². The second-order valence-electron chi connectivity index (χ2n) is 5.72. The number of allylic oxidation sites excluding steroid dienone is 2. The Balaban J connectivity index is 1.84. The van der Waals surface area contributed by atoms with Crippen molar-refractivity contribution in [3.63, 3.8) is 0 Å². The minimum absolute atomic E-state index is 0.553. The molecule has 20 heavy (non-hydrogen) atoms. The van der Waals surface area contributed by atoms with Crippen molar-refractivity contribution in [2.24, 2.45) is 11.8 Å². The SMILES string of the molecule is C/C=C/C1CCC(CCc2cc(F)c(F)c(F)c2)CC1. The van der Waals surface area contributed by atoms with Gasteiger partial charge in [0.2, 0.25) is 0 Å². The lowest BCUT2D eigenvalue weighted by Crippen LogP contribution is -2.13. The molecule has 1 aromatic carbocycles. The Morgan fingerprint density at radius 3 is 2.20 bits per heavy atom. The molecule has 0 heterocycles. The fourth-order valence-corrected chi connectivity index (χ4v) is 3.06. The lowest BCUT2D eigenvalue weighted by atomic mass is 9.79. The Kier molecular flexibility index (Phi) is 5.27. The molecule has 1 aliphatic rings. The Morgan fingerprint density at radius 1 is 1.05 bits per heavy atom. The highest BCUT2D eigenvalue weighted by molar-refractivity contribution is 5.19. The van der Waals surface area contributed by atoms with Crippen LogP contribution in [-0.2, 0) is 6.42 Å². The molecule has 0 N–H and O–H groups in total. The van der Waals surface area contributed by atoms with Gasteiger partial charge in [-0.2, -0.15) is 0 Å². The summed E-state index contributed by atoms with van der Waals surface area (Å²) in [4.78, 5) is 0. The molecule has 0 radical (unpaired) electrons. The third-order valence-electron chi connectivity index (χ3n) is 4.24. The van der Waals surface area contributed by atoms with Crippen LogP contribution in [0.1, 0.15) is 44.6 Å². The summed E-state index contributed by atoms with van der Waals surface area (Å²) in [5.41, 5.74) is 0.553. The molecule has 1 fully saturated rings. The van der Waals surface area contributed by atoms with E-state index in [9.17, 15) is 13.2 Å². The van der Waals surface area contributed by atoms with Crippen molar-refractivity contribution in [3.8, 4) is 0 Å². The molecule has 1 saturated carbocycles. The summed E-state index contributed by atoms with van der Waals surface area (Å²) in [6.45, 7) is 2.05. The first-order valence-corrected chi connectivity index (χ1v) is 7.36. The molecular weight excluding hydrogens is 261 g/mol. The molecule has 2 rings (SSSR count). The molecule has 0 amide bonds. The van der Waals surface area contributed by atoms with Gasteiger partial charge in [-0.05, 0) is 75.0 Å². The van der Waals surface area contributed by atoms with Gasteiger partial charge in [0.25, 0.3) is 0 Å². The zero-order valence-electron chi connectivity index (χ0n) is 11.8. The van der Waals surface area contributed by atoms with Gasteiger partial charge in [0.1, 0.15) is 0 Å². The third kappa shape index (κ3) is 3.87. The highest BCUT2D eigenvalue weighted by Crippen LogP contribution is 2.32. The van der Waals surface area contributed by atoms with Crippen LogP contribution in [-0.4, -0.2) is 0 Å². The first-order valence-electron chi connectivity index (χ1n) is 7.36. The van der Waals surface area contributed by atoms with Crippen LogP contribution in [0.2, 0.25) is 0 Å². The van der Waals surface area contributed by atoms with Crippen molar-refractivity contribution in [1.29, 1.82) is 0 Å². The Morgan fingerprint density at radius 2 is 1.65 bits per heavy atom. The summed E-state index contributed by atoms with van der Waals surface area (Å²) >= 11 is 0. The number of hydrogen-bond acceptors (Lipinski definition) is 0. The van der Waals surface area contributed by atoms with Gasteiger partial charge >= 0.3 is 0 Å². The summed E-state index contributed by atoms with van der Waals surface area (Å²) in [6, 6.07) is 2.23. The molecule has 3 heteroatoms. The number of benzene rings is 1. The van der Waals surface area contributed by atoms with Crippen LogP contribution in [0, 0.1) is 29.3 Å². The summed E-state index contributed by atoms with van der Waals surface area (Å²) in [5, 5.41) is 0. The Labute approximate surface area is 118 Å². The molecule has 0 spiro atoms. The number of hydrogen-bond donors (Lipinski definition) is 0. The zero-order valence-corrected chi connectivity index (χ0v) is 11.8. The molecule has 1 aromatic rings. The topological polar surface area (TPSA) is 0 Å². The fraction of sp³-hybridized carbons (Fsp3) is 0.529. The quantitative estimate of drug-likeness (QED) is 0.511. The maximum Gasteiger partial charge on any atom is 0.194 e. The molecular formula is C17H21F3. The number of rotatable bonds is 4. The van der Waals surface area contributed by atoms with E-state index >= 15 is 0 Å². The number of halogens is 3. The van der Waals surface area contributed by atoms with Crippen LogP contribution in [0.15, 0.2) is 24.3 Å². The predicted octanol–water partition coefficient (Wildman–Crippen LogP) is 5.42. The molecule has 1 aliphatic carbocycles. The van der Waals surface area contributed by atoms with Crippen molar-refractivity contribution >= 4 is 0 Å². The predicted molar refractivity (Wildman–Crippen MR) is 74.9 cm³/mol. The highest BCUT2D eigenvalue weighted by Gasteiger charge is 2.19. The molecule has 110 valence electrons. The van der Waals surface area contributed by atoms with Crippen molar-refractivity contribution in [2.45, 2.75) is 45.4 Å². The van der Waals surface area contributed by atoms with Crippen molar-refractivity contribution in [3.05, 3.63) is 47.3 Å². The highest BCUT2D eigenvalue weighted by atomic mass is 19.2. The van der Waals surface area contributed by atoms with Gasteiger partial charge in [0.05, 0.1) is 0 Å². The Hall–Kier alpha value is -1.25. The van der Waals surface area contributed by atoms with Gasteiger partial charge in [0.15, 0.2) is 17.5 Å². The monoisotopic (exact) mass is 282 g/mol. The van der Waals surface area contributed by atoms with Crippen molar-refractivity contribution in [1.82, 2.24) is 0 Å². The lowest BCUT2D eigenvalue weighted by molar-refractivity contribution is 0.296. The number of aryl methyl sites for hydroxylation is 1. The van der Waals surface area contributed by atoms with E-state index in [-0.39, 0.29) is 0 Å². The van der Waals surface area contributed by atoms with Crippen LogP contribution in [0.3, 0.4) is 0 Å². The van der Waals surface area contributed by atoms with Crippen molar-refractivity contribution in [2.75, 3.05) is 0 Å². The summed E-state index contributed by atoms with van der Waals surface area (Å²) < 4.78 is 39.1. The Bertz CT molecular complexity index is 448. The largest absolute Gasteiger partial charge is 0.204 e. The maximum atomic E-state index is 13.1. The van der Waals surface area contributed by atoms with Crippen LogP contribution >= 0.6 is 0 Å². The average molecular weight is 282 g/mol. The second kappa shape index (κ2) is 6.96. The van der Waals surface area contributed by atoms with Gasteiger partial charge < -0.3 is 0 Å². The van der Waals surface area contributed by atoms with Gasteiger partial charge in [-0.25, -0.2) is 13.2 Å². The molecule has 0 aromatic heterocycles. The van der Waals surface area contributed by atoms with Crippen molar-refractivity contribution < 1.29 is 13.2 Å². The zero-order chi connectivity index (χ0) is 14.5. The standard InChI is InChI=1S/C17H21F3/c1-2-3-12-4-6-13(7-5-12)8-9-14-10-15(18)17(20)16(19)11-14/h2-3,10-13H,4-9H2,1H3/b3-2+. The maximum absolute atomic E-state index is 13.1.